The number of aryl methyl sites for hydroxylation is 1. The number of H-pyrrole nitrogens is 1. The molecule has 1 atom stereocenters. The molecule has 1 unspecified atom stereocenters. The maximum atomic E-state index is 14.3. The van der Waals surface area contributed by atoms with E-state index in [4.69, 9.17) is 5.73 Å². The van der Waals surface area contributed by atoms with Crippen molar-refractivity contribution in [2.24, 2.45) is 5.73 Å². The van der Waals surface area contributed by atoms with Crippen molar-refractivity contribution in [3.05, 3.63) is 16.8 Å². The molecule has 0 radical (unpaired) electrons. The zero-order valence-corrected chi connectivity index (χ0v) is 11.5. The molecule has 21 heavy (non-hydrogen) atoms. The number of alkyl halides is 1. The molecule has 1 aliphatic heterocycles. The second-order valence-corrected chi connectivity index (χ2v) is 5.07. The summed E-state index contributed by atoms with van der Waals surface area (Å²) in [5.74, 6) is -0.569. The van der Waals surface area contributed by atoms with Crippen molar-refractivity contribution in [1.29, 1.82) is 0 Å². The molecule has 9 heteroatoms. The topological polar surface area (TPSA) is 110 Å². The Bertz CT molecular complexity index is 769. The first-order valence-electron chi connectivity index (χ1n) is 6.63. The maximum absolute atomic E-state index is 14.3. The lowest BCUT2D eigenvalue weighted by Gasteiger charge is -2.19. The minimum Gasteiger partial charge on any atom is -0.367 e. The standard InChI is InChI=1S/C12H15FN6O2/c1-2-19-9-7(17-11(19)21)8(15-6-16-9)18-4-3-12(13,5-18)10(14)20/h6H,2-5H2,1H3,(H2,14,20)(H,17,21). The molecular weight excluding hydrogens is 279 g/mol. The van der Waals surface area contributed by atoms with Crippen LogP contribution >= 0.6 is 0 Å². The van der Waals surface area contributed by atoms with Gasteiger partial charge in [-0.25, -0.2) is 19.2 Å². The van der Waals surface area contributed by atoms with E-state index in [2.05, 4.69) is 15.0 Å². The number of hydrogen-bond acceptors (Lipinski definition) is 5. The Morgan fingerprint density at radius 1 is 1.57 bits per heavy atom. The van der Waals surface area contributed by atoms with Gasteiger partial charge in [0.1, 0.15) is 11.8 Å². The largest absolute Gasteiger partial charge is 0.367 e. The van der Waals surface area contributed by atoms with Gasteiger partial charge >= 0.3 is 5.69 Å². The summed E-state index contributed by atoms with van der Waals surface area (Å²) in [5, 5.41) is 0. The number of nitrogens with zero attached hydrogens (tertiary/aromatic N) is 4. The zero-order valence-electron chi connectivity index (χ0n) is 11.5. The third-order valence-corrected chi connectivity index (χ3v) is 3.82. The number of hydrogen-bond donors (Lipinski definition) is 2. The Kier molecular flexibility index (Phi) is 2.92. The molecule has 1 amide bonds. The first kappa shape index (κ1) is 13.5. The fourth-order valence-electron chi connectivity index (χ4n) is 2.64. The predicted molar refractivity (Wildman–Crippen MR) is 73.7 cm³/mol. The van der Waals surface area contributed by atoms with Crippen LogP contribution in [0.2, 0.25) is 0 Å². The molecule has 112 valence electrons. The summed E-state index contributed by atoms with van der Waals surface area (Å²) < 4.78 is 15.8. The van der Waals surface area contributed by atoms with Gasteiger partial charge in [0, 0.05) is 19.5 Å². The van der Waals surface area contributed by atoms with E-state index in [0.29, 0.717) is 30.1 Å². The highest BCUT2D eigenvalue weighted by Gasteiger charge is 2.44. The molecule has 1 fully saturated rings. The predicted octanol–water partition coefficient (Wildman–Crippen LogP) is -0.457. The quantitative estimate of drug-likeness (QED) is 0.796. The highest BCUT2D eigenvalue weighted by atomic mass is 19.1. The number of aromatic nitrogens is 4. The summed E-state index contributed by atoms with van der Waals surface area (Å²) in [6.45, 7) is 2.41. The molecule has 8 nitrogen and oxygen atoms in total. The van der Waals surface area contributed by atoms with Gasteiger partial charge < -0.3 is 15.6 Å². The van der Waals surface area contributed by atoms with E-state index in [-0.39, 0.29) is 18.7 Å². The average molecular weight is 294 g/mol. The van der Waals surface area contributed by atoms with E-state index < -0.39 is 11.6 Å². The summed E-state index contributed by atoms with van der Waals surface area (Å²) in [6.07, 6.45) is 1.33. The van der Waals surface area contributed by atoms with Crippen LogP contribution in [0, 0.1) is 0 Å². The van der Waals surface area contributed by atoms with Gasteiger partial charge in [-0.3, -0.25) is 9.36 Å². The van der Waals surface area contributed by atoms with Crippen molar-refractivity contribution in [2.75, 3.05) is 18.0 Å². The number of anilines is 1. The number of carbonyl (C=O) groups is 1. The third-order valence-electron chi connectivity index (χ3n) is 3.82. The van der Waals surface area contributed by atoms with Gasteiger partial charge in [0.25, 0.3) is 5.91 Å². The minimum absolute atomic E-state index is 0.00650. The van der Waals surface area contributed by atoms with Gasteiger partial charge in [0.2, 0.25) is 5.67 Å². The maximum Gasteiger partial charge on any atom is 0.327 e. The van der Waals surface area contributed by atoms with E-state index in [1.807, 2.05) is 6.92 Å². The Morgan fingerprint density at radius 2 is 2.33 bits per heavy atom. The number of aromatic amines is 1. The van der Waals surface area contributed by atoms with Gasteiger partial charge in [0.15, 0.2) is 11.5 Å². The molecule has 0 aromatic carbocycles. The van der Waals surface area contributed by atoms with E-state index in [9.17, 15) is 14.0 Å². The highest BCUT2D eigenvalue weighted by molar-refractivity contribution is 5.87. The number of halogens is 1. The summed E-state index contributed by atoms with van der Waals surface area (Å²) in [7, 11) is 0. The molecule has 0 spiro atoms. The molecule has 2 aromatic rings. The lowest BCUT2D eigenvalue weighted by molar-refractivity contribution is -0.128. The number of amides is 1. The fourth-order valence-corrected chi connectivity index (χ4v) is 2.64. The van der Waals surface area contributed by atoms with Crippen LogP contribution in [0.1, 0.15) is 13.3 Å². The van der Waals surface area contributed by atoms with E-state index in [0.717, 1.165) is 0 Å². The zero-order chi connectivity index (χ0) is 15.2. The second kappa shape index (κ2) is 4.54. The van der Waals surface area contributed by atoms with Gasteiger partial charge in [-0.1, -0.05) is 0 Å². The van der Waals surface area contributed by atoms with Crippen LogP contribution in [0.4, 0.5) is 10.2 Å². The van der Waals surface area contributed by atoms with Crippen LogP contribution in [0.3, 0.4) is 0 Å². The van der Waals surface area contributed by atoms with Gasteiger partial charge in [-0.15, -0.1) is 0 Å². The van der Waals surface area contributed by atoms with Gasteiger partial charge in [-0.2, -0.15) is 0 Å². The van der Waals surface area contributed by atoms with Crippen LogP contribution in [-0.2, 0) is 11.3 Å². The van der Waals surface area contributed by atoms with Crippen LogP contribution in [0.15, 0.2) is 11.1 Å². The Labute approximate surface area is 118 Å². The number of nitrogens with two attached hydrogens (primary N) is 1. The summed E-state index contributed by atoms with van der Waals surface area (Å²) in [5.41, 5.74) is 3.64. The molecule has 3 N–H and O–H groups in total. The minimum atomic E-state index is -2.06. The first-order chi connectivity index (χ1) is 9.96. The van der Waals surface area contributed by atoms with Crippen LogP contribution in [0.5, 0.6) is 0 Å². The van der Waals surface area contributed by atoms with Gasteiger partial charge in [-0.05, 0) is 6.92 Å². The number of imidazole rings is 1. The Balaban J connectivity index is 2.07. The van der Waals surface area contributed by atoms with E-state index in [1.54, 1.807) is 4.90 Å². The Hall–Kier alpha value is -2.45. The number of fused-ring (bicyclic) bond motifs is 1. The molecular formula is C12H15FN6O2. The van der Waals surface area contributed by atoms with E-state index in [1.165, 1.54) is 10.9 Å². The number of primary amides is 1. The third kappa shape index (κ3) is 1.96. The van der Waals surface area contributed by atoms with Crippen molar-refractivity contribution in [2.45, 2.75) is 25.6 Å². The van der Waals surface area contributed by atoms with Crippen LogP contribution < -0.4 is 16.3 Å². The number of nitrogens with one attached hydrogen (secondary N) is 1. The summed E-state index contributed by atoms with van der Waals surface area (Å²) in [6, 6.07) is 0. The molecule has 0 aliphatic carbocycles. The van der Waals surface area contributed by atoms with Crippen LogP contribution in [0.25, 0.3) is 11.2 Å². The van der Waals surface area contributed by atoms with Crippen molar-refractivity contribution >= 4 is 22.9 Å². The molecule has 0 saturated carbocycles. The second-order valence-electron chi connectivity index (χ2n) is 5.07. The molecule has 0 bridgehead atoms. The normalized spacial score (nSPS) is 22.1. The molecule has 3 heterocycles. The number of carbonyl (C=O) groups excluding carboxylic acids is 1. The first-order valence-corrected chi connectivity index (χ1v) is 6.63. The highest BCUT2D eigenvalue weighted by Crippen LogP contribution is 2.30. The fraction of sp³-hybridized carbons (Fsp3) is 0.500. The number of rotatable bonds is 3. The molecule has 1 aliphatic rings. The van der Waals surface area contributed by atoms with Crippen LogP contribution in [-0.4, -0.2) is 44.2 Å². The molecule has 3 rings (SSSR count). The van der Waals surface area contributed by atoms with E-state index >= 15 is 0 Å². The molecule has 2 aromatic heterocycles. The summed E-state index contributed by atoms with van der Waals surface area (Å²) >= 11 is 0. The lowest BCUT2D eigenvalue weighted by Crippen LogP contribution is -2.42. The Morgan fingerprint density at radius 3 is 2.95 bits per heavy atom. The summed E-state index contributed by atoms with van der Waals surface area (Å²) in [4.78, 5) is 35.5. The molecule has 1 saturated heterocycles. The smallest absolute Gasteiger partial charge is 0.327 e. The van der Waals surface area contributed by atoms with Crippen molar-refractivity contribution in [3.63, 3.8) is 0 Å². The van der Waals surface area contributed by atoms with Crippen molar-refractivity contribution < 1.29 is 9.18 Å². The average Bonchev–Trinajstić information content (AvgIpc) is 2.99. The SMILES string of the molecule is CCn1c(=O)[nH]c2c(N3CCC(F)(C(N)=O)C3)ncnc21. The van der Waals surface area contributed by atoms with Gasteiger partial charge in [0.05, 0.1) is 6.54 Å². The monoisotopic (exact) mass is 294 g/mol. The van der Waals surface area contributed by atoms with Crippen molar-refractivity contribution in [3.8, 4) is 0 Å². The van der Waals surface area contributed by atoms with Crippen molar-refractivity contribution in [1.82, 2.24) is 19.5 Å². The lowest BCUT2D eigenvalue weighted by atomic mass is 10.1.